The van der Waals surface area contributed by atoms with Crippen molar-refractivity contribution in [2.45, 2.75) is 57.5 Å². The first kappa shape index (κ1) is 22.7. The highest BCUT2D eigenvalue weighted by atomic mass is 16.1. The van der Waals surface area contributed by atoms with Gasteiger partial charge in [-0.2, -0.15) is 0 Å². The summed E-state index contributed by atoms with van der Waals surface area (Å²) < 4.78 is 3.55. The molecule has 4 aromatic rings. The number of aromatic nitrogens is 4. The van der Waals surface area contributed by atoms with E-state index in [0.29, 0.717) is 29.0 Å². The number of nitrogens with one attached hydrogen (secondary N) is 2. The van der Waals surface area contributed by atoms with Crippen LogP contribution in [0.5, 0.6) is 0 Å². The molecule has 1 spiro atoms. The molecule has 36 heavy (non-hydrogen) atoms. The quantitative estimate of drug-likeness (QED) is 0.396. The fourth-order valence-electron chi connectivity index (χ4n) is 5.32. The first-order valence-corrected chi connectivity index (χ1v) is 12.6. The number of hydrogen-bond acceptors (Lipinski definition) is 5. The van der Waals surface area contributed by atoms with Gasteiger partial charge in [0.05, 0.1) is 17.4 Å². The van der Waals surface area contributed by atoms with Crippen LogP contribution in [0.4, 0.5) is 11.5 Å². The van der Waals surface area contributed by atoms with E-state index in [4.69, 9.17) is 4.98 Å². The van der Waals surface area contributed by atoms with Crippen LogP contribution >= 0.6 is 0 Å². The molecule has 0 saturated heterocycles. The summed E-state index contributed by atoms with van der Waals surface area (Å²) in [6, 6.07) is 14.5. The van der Waals surface area contributed by atoms with Crippen molar-refractivity contribution in [3.05, 3.63) is 88.5 Å². The lowest BCUT2D eigenvalue weighted by atomic mass is 9.88. The van der Waals surface area contributed by atoms with E-state index in [2.05, 4.69) is 61.2 Å². The SMILES string of the molecule is C=CCn1c(=O)c2cnc(Nc3ccc4c(c3)CNCC43CC3)cc2n1-c1cccc(C(C)(C)C)n1. The van der Waals surface area contributed by atoms with Crippen molar-refractivity contribution < 1.29 is 0 Å². The first-order valence-electron chi connectivity index (χ1n) is 12.6. The lowest BCUT2D eigenvalue weighted by Gasteiger charge is -2.26. The van der Waals surface area contributed by atoms with Crippen molar-refractivity contribution in [3.8, 4) is 5.82 Å². The predicted molar refractivity (Wildman–Crippen MR) is 144 cm³/mol. The summed E-state index contributed by atoms with van der Waals surface area (Å²) in [5, 5.41) is 7.59. The highest BCUT2D eigenvalue weighted by Crippen LogP contribution is 2.50. The van der Waals surface area contributed by atoms with Crippen molar-refractivity contribution in [1.82, 2.24) is 24.6 Å². The molecule has 7 heteroatoms. The molecule has 0 atom stereocenters. The van der Waals surface area contributed by atoms with E-state index in [0.717, 1.165) is 30.0 Å². The Bertz CT molecular complexity index is 1550. The largest absolute Gasteiger partial charge is 0.340 e. The Morgan fingerprint density at radius 3 is 2.78 bits per heavy atom. The molecule has 1 aliphatic heterocycles. The van der Waals surface area contributed by atoms with Crippen LogP contribution in [0.1, 0.15) is 50.4 Å². The molecular formula is C29H32N6O. The molecule has 6 rings (SSSR count). The van der Waals surface area contributed by atoms with Crippen LogP contribution in [0.25, 0.3) is 16.7 Å². The fraction of sp³-hybridized carbons (Fsp3) is 0.345. The van der Waals surface area contributed by atoms with Gasteiger partial charge in [0, 0.05) is 47.6 Å². The van der Waals surface area contributed by atoms with Gasteiger partial charge in [-0.3, -0.25) is 4.79 Å². The molecule has 0 radical (unpaired) electrons. The van der Waals surface area contributed by atoms with Gasteiger partial charge in [0.2, 0.25) is 0 Å². The zero-order valence-corrected chi connectivity index (χ0v) is 21.1. The second-order valence-corrected chi connectivity index (χ2v) is 11.1. The number of pyridine rings is 2. The van der Waals surface area contributed by atoms with Crippen molar-refractivity contribution in [2.24, 2.45) is 0 Å². The Hall–Kier alpha value is -3.71. The first-order chi connectivity index (χ1) is 17.3. The molecule has 0 bridgehead atoms. The lowest BCUT2D eigenvalue weighted by molar-refractivity contribution is 0.531. The number of hydrogen-bond donors (Lipinski definition) is 2. The summed E-state index contributed by atoms with van der Waals surface area (Å²) in [7, 11) is 0. The zero-order chi connectivity index (χ0) is 25.1. The molecule has 0 amide bonds. The molecule has 2 N–H and O–H groups in total. The monoisotopic (exact) mass is 480 g/mol. The van der Waals surface area contributed by atoms with Gasteiger partial charge in [0.25, 0.3) is 5.56 Å². The van der Waals surface area contributed by atoms with E-state index in [1.54, 1.807) is 17.0 Å². The molecule has 1 fully saturated rings. The van der Waals surface area contributed by atoms with Gasteiger partial charge >= 0.3 is 0 Å². The van der Waals surface area contributed by atoms with E-state index in [9.17, 15) is 4.79 Å². The van der Waals surface area contributed by atoms with Gasteiger partial charge in [0.1, 0.15) is 5.82 Å². The molecule has 1 aliphatic carbocycles. The Morgan fingerprint density at radius 2 is 2.03 bits per heavy atom. The molecule has 0 unspecified atom stereocenters. The predicted octanol–water partition coefficient (Wildman–Crippen LogP) is 4.94. The second kappa shape index (κ2) is 8.17. The lowest BCUT2D eigenvalue weighted by Crippen LogP contribution is -2.33. The standard InChI is InChI=1S/C29H32N6O/c1-5-13-34-27(36)21-17-31-25(15-23(21)35(34)26-8-6-7-24(33-26)28(2,3)4)32-20-9-10-22-19(14-20)16-30-18-29(22)11-12-29/h5-10,14-15,17,30H,1,11-13,16,18H2,2-4H3,(H,31,32). The Balaban J connectivity index is 1.43. The number of anilines is 2. The maximum atomic E-state index is 13.3. The minimum Gasteiger partial charge on any atom is -0.340 e. The van der Waals surface area contributed by atoms with E-state index in [1.807, 2.05) is 28.9 Å². The number of rotatable bonds is 5. The van der Waals surface area contributed by atoms with E-state index >= 15 is 0 Å². The molecule has 2 aliphatic rings. The van der Waals surface area contributed by atoms with Crippen LogP contribution in [0.3, 0.4) is 0 Å². The van der Waals surface area contributed by atoms with Gasteiger partial charge in [-0.15, -0.1) is 6.58 Å². The summed E-state index contributed by atoms with van der Waals surface area (Å²) in [5.41, 5.74) is 5.67. The minimum absolute atomic E-state index is 0.110. The molecule has 3 aromatic heterocycles. The van der Waals surface area contributed by atoms with E-state index in [-0.39, 0.29) is 11.0 Å². The second-order valence-electron chi connectivity index (χ2n) is 11.1. The number of fused-ring (bicyclic) bond motifs is 3. The Kier molecular flexibility index (Phi) is 5.16. The molecule has 7 nitrogen and oxygen atoms in total. The van der Waals surface area contributed by atoms with Crippen LogP contribution in [-0.2, 0) is 23.9 Å². The number of allylic oxidation sites excluding steroid dienone is 1. The van der Waals surface area contributed by atoms with Crippen molar-refractivity contribution in [1.29, 1.82) is 0 Å². The molecule has 184 valence electrons. The zero-order valence-electron chi connectivity index (χ0n) is 21.1. The fourth-order valence-corrected chi connectivity index (χ4v) is 5.32. The third-order valence-electron chi connectivity index (χ3n) is 7.42. The molecule has 4 heterocycles. The normalized spacial score (nSPS) is 16.2. The number of benzene rings is 1. The van der Waals surface area contributed by atoms with Gasteiger partial charge < -0.3 is 10.6 Å². The minimum atomic E-state index is -0.114. The van der Waals surface area contributed by atoms with Crippen LogP contribution in [0, 0.1) is 0 Å². The van der Waals surface area contributed by atoms with E-state index in [1.165, 1.54) is 24.0 Å². The average Bonchev–Trinajstić information content (AvgIpc) is 3.57. The maximum absolute atomic E-state index is 13.3. The van der Waals surface area contributed by atoms with Crippen LogP contribution in [0.2, 0.25) is 0 Å². The highest BCUT2D eigenvalue weighted by molar-refractivity contribution is 5.82. The Labute approximate surface area is 210 Å². The average molecular weight is 481 g/mol. The topological polar surface area (TPSA) is 76.8 Å². The summed E-state index contributed by atoms with van der Waals surface area (Å²) in [6.07, 6.45) is 5.91. The number of nitrogens with zero attached hydrogens (tertiary/aromatic N) is 4. The smallest absolute Gasteiger partial charge is 0.276 e. The summed E-state index contributed by atoms with van der Waals surface area (Å²) in [5.74, 6) is 1.38. The van der Waals surface area contributed by atoms with Crippen molar-refractivity contribution >= 4 is 22.4 Å². The summed E-state index contributed by atoms with van der Waals surface area (Å²) >= 11 is 0. The van der Waals surface area contributed by atoms with Crippen LogP contribution < -0.4 is 16.2 Å². The maximum Gasteiger partial charge on any atom is 0.276 e. The van der Waals surface area contributed by atoms with Crippen LogP contribution in [-0.4, -0.2) is 25.9 Å². The van der Waals surface area contributed by atoms with Gasteiger partial charge in [-0.25, -0.2) is 19.3 Å². The molecule has 1 aromatic carbocycles. The van der Waals surface area contributed by atoms with Gasteiger partial charge in [-0.05, 0) is 48.2 Å². The van der Waals surface area contributed by atoms with E-state index < -0.39 is 0 Å². The van der Waals surface area contributed by atoms with Crippen molar-refractivity contribution in [2.75, 3.05) is 11.9 Å². The highest BCUT2D eigenvalue weighted by Gasteiger charge is 2.46. The molecular weight excluding hydrogens is 448 g/mol. The van der Waals surface area contributed by atoms with Gasteiger partial charge in [0.15, 0.2) is 5.82 Å². The Morgan fingerprint density at radius 1 is 1.19 bits per heavy atom. The summed E-state index contributed by atoms with van der Waals surface area (Å²) in [6.45, 7) is 12.6. The van der Waals surface area contributed by atoms with Crippen LogP contribution in [0.15, 0.2) is 66.1 Å². The van der Waals surface area contributed by atoms with Gasteiger partial charge in [-0.1, -0.05) is 39.0 Å². The third-order valence-corrected chi connectivity index (χ3v) is 7.42. The van der Waals surface area contributed by atoms with Crippen molar-refractivity contribution in [3.63, 3.8) is 0 Å². The molecule has 1 saturated carbocycles. The summed E-state index contributed by atoms with van der Waals surface area (Å²) in [4.78, 5) is 22.8. The third kappa shape index (κ3) is 3.75.